The summed E-state index contributed by atoms with van der Waals surface area (Å²) < 4.78 is 0. The van der Waals surface area contributed by atoms with Crippen LogP contribution in [-0.4, -0.2) is 10.1 Å². The zero-order valence-electron chi connectivity index (χ0n) is 12.9. The Hall–Kier alpha value is -0.760. The topological polar surface area (TPSA) is 36.0 Å². The van der Waals surface area contributed by atoms with Crippen molar-refractivity contribution in [2.75, 3.05) is 0 Å². The van der Waals surface area contributed by atoms with Gasteiger partial charge in [-0.2, -0.15) is 0 Å². The third kappa shape index (κ3) is 1.73. The molecule has 2 nitrogen and oxygen atoms in total. The first-order chi connectivity index (χ1) is 9.54. The SMILES string of the molecule is Cc1[nH]c(C(O)C2C3CC4CC(C3)CC2C4)c(C)c1C. The molecule has 110 valence electrons. The van der Waals surface area contributed by atoms with Gasteiger partial charge in [0.25, 0.3) is 0 Å². The van der Waals surface area contributed by atoms with Crippen molar-refractivity contribution in [1.29, 1.82) is 0 Å². The lowest BCUT2D eigenvalue weighted by atomic mass is 9.50. The first-order valence-corrected chi connectivity index (χ1v) is 8.38. The summed E-state index contributed by atoms with van der Waals surface area (Å²) >= 11 is 0. The van der Waals surface area contributed by atoms with E-state index in [9.17, 15) is 5.11 Å². The molecule has 0 aromatic carbocycles. The fraction of sp³-hybridized carbons (Fsp3) is 0.778. The molecule has 2 N–H and O–H groups in total. The molecule has 0 spiro atoms. The summed E-state index contributed by atoms with van der Waals surface area (Å²) in [5.74, 6) is 4.04. The van der Waals surface area contributed by atoms with E-state index in [1.165, 1.54) is 48.9 Å². The lowest BCUT2D eigenvalue weighted by Gasteiger charge is -2.55. The Kier molecular flexibility index (Phi) is 2.82. The van der Waals surface area contributed by atoms with E-state index in [2.05, 4.69) is 25.8 Å². The van der Waals surface area contributed by atoms with Crippen molar-refractivity contribution in [2.24, 2.45) is 29.6 Å². The Bertz CT molecular complexity index is 502. The maximum absolute atomic E-state index is 11.0. The molecule has 0 amide bonds. The van der Waals surface area contributed by atoms with Crippen LogP contribution >= 0.6 is 0 Å². The largest absolute Gasteiger partial charge is 0.387 e. The quantitative estimate of drug-likeness (QED) is 0.838. The molecule has 5 rings (SSSR count). The molecule has 1 unspecified atom stereocenters. The predicted molar refractivity (Wildman–Crippen MR) is 80.5 cm³/mol. The lowest BCUT2D eigenvalue weighted by Crippen LogP contribution is -2.47. The molecule has 4 aliphatic rings. The Balaban J connectivity index is 1.65. The van der Waals surface area contributed by atoms with Gasteiger partial charge in [0.1, 0.15) is 0 Å². The van der Waals surface area contributed by atoms with E-state index in [0.29, 0.717) is 5.92 Å². The van der Waals surface area contributed by atoms with Crippen molar-refractivity contribution < 1.29 is 5.11 Å². The number of aryl methyl sites for hydroxylation is 1. The second-order valence-electron chi connectivity index (χ2n) is 7.87. The number of aromatic amines is 1. The van der Waals surface area contributed by atoms with Gasteiger partial charge in [0.15, 0.2) is 0 Å². The van der Waals surface area contributed by atoms with Crippen LogP contribution in [0.5, 0.6) is 0 Å². The maximum Gasteiger partial charge on any atom is 0.0973 e. The van der Waals surface area contributed by atoms with Gasteiger partial charge >= 0.3 is 0 Å². The van der Waals surface area contributed by atoms with Crippen LogP contribution in [0.2, 0.25) is 0 Å². The van der Waals surface area contributed by atoms with Gasteiger partial charge in [-0.15, -0.1) is 0 Å². The molecule has 1 aromatic rings. The summed E-state index contributed by atoms with van der Waals surface area (Å²) in [6.45, 7) is 6.44. The molecule has 4 bridgehead atoms. The molecule has 4 aliphatic carbocycles. The van der Waals surface area contributed by atoms with Crippen molar-refractivity contribution in [3.63, 3.8) is 0 Å². The Morgan fingerprint density at radius 1 is 0.900 bits per heavy atom. The van der Waals surface area contributed by atoms with Crippen LogP contribution in [0.25, 0.3) is 0 Å². The molecule has 0 saturated heterocycles. The second kappa shape index (κ2) is 4.37. The normalized spacial score (nSPS) is 40.3. The van der Waals surface area contributed by atoms with E-state index in [0.717, 1.165) is 29.4 Å². The van der Waals surface area contributed by atoms with E-state index in [1.807, 2.05) is 0 Å². The molecule has 1 aromatic heterocycles. The van der Waals surface area contributed by atoms with Crippen molar-refractivity contribution in [3.05, 3.63) is 22.5 Å². The van der Waals surface area contributed by atoms with Crippen molar-refractivity contribution in [3.8, 4) is 0 Å². The minimum absolute atomic E-state index is 0.266. The molecule has 20 heavy (non-hydrogen) atoms. The number of aliphatic hydroxyl groups excluding tert-OH is 1. The van der Waals surface area contributed by atoms with Crippen molar-refractivity contribution in [1.82, 2.24) is 4.98 Å². The van der Waals surface area contributed by atoms with E-state index in [-0.39, 0.29) is 6.10 Å². The molecule has 4 fully saturated rings. The van der Waals surface area contributed by atoms with E-state index in [4.69, 9.17) is 0 Å². The number of hydrogen-bond acceptors (Lipinski definition) is 1. The lowest BCUT2D eigenvalue weighted by molar-refractivity contribution is -0.0919. The summed E-state index contributed by atoms with van der Waals surface area (Å²) in [5.41, 5.74) is 4.93. The molecule has 1 atom stereocenters. The highest BCUT2D eigenvalue weighted by molar-refractivity contribution is 5.35. The number of aliphatic hydroxyl groups is 1. The van der Waals surface area contributed by atoms with Gasteiger partial charge in [0.05, 0.1) is 6.10 Å². The maximum atomic E-state index is 11.0. The van der Waals surface area contributed by atoms with Crippen LogP contribution < -0.4 is 0 Å². The smallest absolute Gasteiger partial charge is 0.0973 e. The summed E-state index contributed by atoms with van der Waals surface area (Å²) in [6, 6.07) is 0. The summed E-state index contributed by atoms with van der Waals surface area (Å²) in [5, 5.41) is 11.0. The average molecular weight is 273 g/mol. The molecule has 2 heteroatoms. The van der Waals surface area contributed by atoms with Crippen LogP contribution in [0.4, 0.5) is 0 Å². The van der Waals surface area contributed by atoms with E-state index < -0.39 is 0 Å². The number of nitrogens with one attached hydrogen (secondary N) is 1. The van der Waals surface area contributed by atoms with Crippen molar-refractivity contribution >= 4 is 0 Å². The van der Waals surface area contributed by atoms with Crippen LogP contribution in [0.1, 0.15) is 60.7 Å². The van der Waals surface area contributed by atoms with Gasteiger partial charge in [-0.05, 0) is 93.6 Å². The average Bonchev–Trinajstić information content (AvgIpc) is 2.65. The minimum atomic E-state index is -0.266. The summed E-state index contributed by atoms with van der Waals surface area (Å²) in [4.78, 5) is 3.47. The van der Waals surface area contributed by atoms with Gasteiger partial charge in [0.2, 0.25) is 0 Å². The highest BCUT2D eigenvalue weighted by Crippen LogP contribution is 2.59. The van der Waals surface area contributed by atoms with Crippen LogP contribution in [-0.2, 0) is 0 Å². The first kappa shape index (κ1) is 12.9. The summed E-state index contributed by atoms with van der Waals surface area (Å²) in [6.07, 6.45) is 6.74. The number of rotatable bonds is 2. The first-order valence-electron chi connectivity index (χ1n) is 8.38. The minimum Gasteiger partial charge on any atom is -0.387 e. The highest BCUT2D eigenvalue weighted by atomic mass is 16.3. The Morgan fingerprint density at radius 2 is 1.45 bits per heavy atom. The zero-order chi connectivity index (χ0) is 14.0. The molecular formula is C18H27NO. The fourth-order valence-electron chi connectivity index (χ4n) is 5.84. The highest BCUT2D eigenvalue weighted by Gasteiger charge is 2.50. The predicted octanol–water partition coefficient (Wildman–Crippen LogP) is 4.05. The number of hydrogen-bond donors (Lipinski definition) is 2. The zero-order valence-corrected chi connectivity index (χ0v) is 12.9. The second-order valence-corrected chi connectivity index (χ2v) is 7.87. The van der Waals surface area contributed by atoms with Crippen LogP contribution in [0.15, 0.2) is 0 Å². The number of aromatic nitrogens is 1. The summed E-state index contributed by atoms with van der Waals surface area (Å²) in [7, 11) is 0. The Labute approximate surface area is 122 Å². The van der Waals surface area contributed by atoms with Gasteiger partial charge in [-0.1, -0.05) is 0 Å². The molecule has 0 radical (unpaired) electrons. The molecule has 4 saturated carbocycles. The third-order valence-electron chi connectivity index (χ3n) is 6.81. The van der Waals surface area contributed by atoms with Crippen LogP contribution in [0.3, 0.4) is 0 Å². The van der Waals surface area contributed by atoms with Gasteiger partial charge in [-0.25, -0.2) is 0 Å². The van der Waals surface area contributed by atoms with E-state index >= 15 is 0 Å². The monoisotopic (exact) mass is 273 g/mol. The molecule has 0 aliphatic heterocycles. The van der Waals surface area contributed by atoms with E-state index in [1.54, 1.807) is 0 Å². The van der Waals surface area contributed by atoms with Gasteiger partial charge < -0.3 is 10.1 Å². The molecule has 1 heterocycles. The van der Waals surface area contributed by atoms with Gasteiger partial charge in [0, 0.05) is 11.4 Å². The standard InChI is InChI=1S/C18H27NO/c1-9-10(2)17(19-11(9)3)18(20)16-14-5-12-4-13(7-14)8-15(16)6-12/h12-16,18-20H,4-8H2,1-3H3. The third-order valence-corrected chi connectivity index (χ3v) is 6.81. The van der Waals surface area contributed by atoms with Crippen LogP contribution in [0, 0.1) is 50.4 Å². The van der Waals surface area contributed by atoms with Crippen molar-refractivity contribution in [2.45, 2.75) is 59.0 Å². The fourth-order valence-corrected chi connectivity index (χ4v) is 5.84. The number of H-pyrrole nitrogens is 1. The molecular weight excluding hydrogens is 246 g/mol. The Morgan fingerprint density at radius 3 is 1.90 bits per heavy atom. The van der Waals surface area contributed by atoms with Gasteiger partial charge in [-0.3, -0.25) is 0 Å².